The number of rotatable bonds is 3. The summed E-state index contributed by atoms with van der Waals surface area (Å²) in [6, 6.07) is 2.00. The van der Waals surface area contributed by atoms with Gasteiger partial charge in [0.1, 0.15) is 10.5 Å². The van der Waals surface area contributed by atoms with E-state index >= 15 is 0 Å². The molecule has 0 bridgehead atoms. The molecular formula is C12H18N2S. The van der Waals surface area contributed by atoms with Gasteiger partial charge in [-0.25, -0.2) is 4.98 Å². The molecule has 1 N–H and O–H groups in total. The Balaban J connectivity index is 2.23. The highest BCUT2D eigenvalue weighted by Gasteiger charge is 2.21. The highest BCUT2D eigenvalue weighted by atomic mass is 32.1. The Kier molecular flexibility index (Phi) is 3.19. The lowest BCUT2D eigenvalue weighted by atomic mass is 9.85. The zero-order valence-electron chi connectivity index (χ0n) is 9.42. The van der Waals surface area contributed by atoms with Crippen molar-refractivity contribution in [1.29, 1.82) is 0 Å². The van der Waals surface area contributed by atoms with Gasteiger partial charge in [-0.3, -0.25) is 0 Å². The molecule has 0 aliphatic heterocycles. The van der Waals surface area contributed by atoms with Crippen LogP contribution in [0.1, 0.15) is 50.5 Å². The summed E-state index contributed by atoms with van der Waals surface area (Å²) in [5, 5.41) is 0. The van der Waals surface area contributed by atoms with Crippen molar-refractivity contribution in [3.8, 4) is 0 Å². The van der Waals surface area contributed by atoms with Crippen LogP contribution in [0.4, 0.5) is 0 Å². The predicted molar refractivity (Wildman–Crippen MR) is 64.6 cm³/mol. The molecule has 1 saturated carbocycles. The fraction of sp³-hybridized carbons (Fsp3) is 0.667. The quantitative estimate of drug-likeness (QED) is 0.791. The third-order valence-electron chi connectivity index (χ3n) is 2.94. The average molecular weight is 222 g/mol. The Hall–Kier alpha value is -0.700. The van der Waals surface area contributed by atoms with Gasteiger partial charge < -0.3 is 4.98 Å². The molecule has 1 aliphatic carbocycles. The summed E-state index contributed by atoms with van der Waals surface area (Å²) >= 11 is 5.20. The third kappa shape index (κ3) is 2.65. The monoisotopic (exact) mass is 222 g/mol. The van der Waals surface area contributed by atoms with E-state index in [0.717, 1.165) is 16.9 Å². The van der Waals surface area contributed by atoms with E-state index in [2.05, 4.69) is 23.8 Å². The third-order valence-corrected chi connectivity index (χ3v) is 3.15. The molecule has 2 rings (SSSR count). The van der Waals surface area contributed by atoms with Crippen molar-refractivity contribution in [3.63, 3.8) is 0 Å². The van der Waals surface area contributed by atoms with Gasteiger partial charge in [0.25, 0.3) is 0 Å². The summed E-state index contributed by atoms with van der Waals surface area (Å²) in [6.07, 6.45) is 4.93. The second kappa shape index (κ2) is 4.44. The highest BCUT2D eigenvalue weighted by molar-refractivity contribution is 7.71. The summed E-state index contributed by atoms with van der Waals surface area (Å²) in [7, 11) is 0. The second-order valence-corrected chi connectivity index (χ2v) is 5.27. The van der Waals surface area contributed by atoms with Crippen LogP contribution in [0.25, 0.3) is 0 Å². The molecule has 0 atom stereocenters. The van der Waals surface area contributed by atoms with Gasteiger partial charge in [0.15, 0.2) is 0 Å². The summed E-state index contributed by atoms with van der Waals surface area (Å²) in [4.78, 5) is 7.86. The molecule has 0 amide bonds. The van der Waals surface area contributed by atoms with Crippen LogP contribution in [0, 0.1) is 10.6 Å². The van der Waals surface area contributed by atoms with E-state index in [-0.39, 0.29) is 0 Å². The smallest absolute Gasteiger partial charge is 0.129 e. The van der Waals surface area contributed by atoms with Crippen molar-refractivity contribution >= 4 is 12.2 Å². The van der Waals surface area contributed by atoms with Crippen LogP contribution in [0.3, 0.4) is 0 Å². The second-order valence-electron chi connectivity index (χ2n) is 4.86. The van der Waals surface area contributed by atoms with Crippen LogP contribution in [0.2, 0.25) is 0 Å². The van der Waals surface area contributed by atoms with E-state index in [1.165, 1.54) is 25.0 Å². The molecule has 3 heteroatoms. The van der Waals surface area contributed by atoms with Gasteiger partial charge in [0.05, 0.1) is 0 Å². The van der Waals surface area contributed by atoms with E-state index in [9.17, 15) is 0 Å². The van der Waals surface area contributed by atoms with Crippen molar-refractivity contribution in [2.24, 2.45) is 5.92 Å². The first-order chi connectivity index (χ1) is 7.15. The molecule has 0 saturated heterocycles. The van der Waals surface area contributed by atoms with Gasteiger partial charge in [-0.1, -0.05) is 32.5 Å². The Morgan fingerprint density at radius 2 is 2.27 bits per heavy atom. The largest absolute Gasteiger partial charge is 0.347 e. The fourth-order valence-electron chi connectivity index (χ4n) is 1.95. The SMILES string of the molecule is CC(C)Cc1cc(=S)nc(C2CCC2)[nH]1. The summed E-state index contributed by atoms with van der Waals surface area (Å²) < 4.78 is 0.742. The molecule has 15 heavy (non-hydrogen) atoms. The van der Waals surface area contributed by atoms with E-state index in [1.54, 1.807) is 0 Å². The molecular weight excluding hydrogens is 204 g/mol. The normalized spacial score (nSPS) is 16.7. The van der Waals surface area contributed by atoms with Gasteiger partial charge in [0.2, 0.25) is 0 Å². The van der Waals surface area contributed by atoms with Crippen LogP contribution in [0.15, 0.2) is 6.07 Å². The number of nitrogens with one attached hydrogen (secondary N) is 1. The number of nitrogens with zero attached hydrogens (tertiary/aromatic N) is 1. The summed E-state index contributed by atoms with van der Waals surface area (Å²) in [5.74, 6) is 2.41. The van der Waals surface area contributed by atoms with Crippen LogP contribution in [0.5, 0.6) is 0 Å². The molecule has 0 spiro atoms. The topological polar surface area (TPSA) is 28.7 Å². The minimum Gasteiger partial charge on any atom is -0.347 e. The van der Waals surface area contributed by atoms with Gasteiger partial charge in [-0.05, 0) is 31.2 Å². The molecule has 82 valence electrons. The number of H-pyrrole nitrogens is 1. The summed E-state index contributed by atoms with van der Waals surface area (Å²) in [6.45, 7) is 4.45. The Morgan fingerprint density at radius 3 is 2.80 bits per heavy atom. The molecule has 2 nitrogen and oxygen atoms in total. The number of hydrogen-bond donors (Lipinski definition) is 1. The van der Waals surface area contributed by atoms with E-state index in [1.807, 2.05) is 6.07 Å². The summed E-state index contributed by atoms with van der Waals surface area (Å²) in [5.41, 5.74) is 1.24. The Bertz CT molecular complexity index is 391. The van der Waals surface area contributed by atoms with E-state index in [0.29, 0.717) is 11.8 Å². The van der Waals surface area contributed by atoms with Crippen LogP contribution < -0.4 is 0 Å². The molecule has 0 aromatic carbocycles. The van der Waals surface area contributed by atoms with Gasteiger partial charge in [-0.2, -0.15) is 0 Å². The maximum atomic E-state index is 5.20. The van der Waals surface area contributed by atoms with Crippen LogP contribution in [-0.4, -0.2) is 9.97 Å². The van der Waals surface area contributed by atoms with Gasteiger partial charge >= 0.3 is 0 Å². The van der Waals surface area contributed by atoms with E-state index in [4.69, 9.17) is 12.2 Å². The lowest BCUT2D eigenvalue weighted by Gasteiger charge is -2.24. The van der Waals surface area contributed by atoms with Crippen LogP contribution in [-0.2, 0) is 6.42 Å². The first-order valence-electron chi connectivity index (χ1n) is 5.75. The molecule has 1 fully saturated rings. The maximum Gasteiger partial charge on any atom is 0.129 e. The molecule has 1 aromatic heterocycles. The standard InChI is InChI=1S/C12H18N2S/c1-8(2)6-10-7-11(15)14-12(13-10)9-4-3-5-9/h7-9H,3-6H2,1-2H3,(H,13,14,15). The number of hydrogen-bond acceptors (Lipinski definition) is 2. The zero-order valence-corrected chi connectivity index (χ0v) is 10.2. The van der Waals surface area contributed by atoms with Crippen molar-refractivity contribution in [3.05, 3.63) is 22.2 Å². The molecule has 1 heterocycles. The van der Waals surface area contributed by atoms with Crippen molar-refractivity contribution in [2.75, 3.05) is 0 Å². The van der Waals surface area contributed by atoms with Crippen molar-refractivity contribution in [1.82, 2.24) is 9.97 Å². The predicted octanol–water partition coefficient (Wildman–Crippen LogP) is 3.61. The first-order valence-corrected chi connectivity index (χ1v) is 6.16. The van der Waals surface area contributed by atoms with Crippen LogP contribution >= 0.6 is 12.2 Å². The fourth-order valence-corrected chi connectivity index (χ4v) is 2.19. The molecule has 0 unspecified atom stereocenters. The Labute approximate surface area is 96.1 Å². The molecule has 1 aromatic rings. The first kappa shape index (κ1) is 10.8. The minimum atomic E-state index is 0.638. The highest BCUT2D eigenvalue weighted by Crippen LogP contribution is 2.34. The van der Waals surface area contributed by atoms with E-state index < -0.39 is 0 Å². The molecule has 0 radical (unpaired) electrons. The minimum absolute atomic E-state index is 0.638. The number of aromatic amines is 1. The Morgan fingerprint density at radius 1 is 1.53 bits per heavy atom. The average Bonchev–Trinajstić information content (AvgIpc) is 1.96. The van der Waals surface area contributed by atoms with Gasteiger partial charge in [-0.15, -0.1) is 0 Å². The van der Waals surface area contributed by atoms with Crippen molar-refractivity contribution in [2.45, 2.75) is 45.4 Å². The maximum absolute atomic E-state index is 5.20. The lowest BCUT2D eigenvalue weighted by Crippen LogP contribution is -2.14. The van der Waals surface area contributed by atoms with Gasteiger partial charge in [0, 0.05) is 11.6 Å². The lowest BCUT2D eigenvalue weighted by molar-refractivity contribution is 0.399. The number of aromatic nitrogens is 2. The van der Waals surface area contributed by atoms with Crippen molar-refractivity contribution < 1.29 is 0 Å². The molecule has 1 aliphatic rings. The zero-order chi connectivity index (χ0) is 10.8.